The Labute approximate surface area is 175 Å². The number of fused-ring (bicyclic) bond motifs is 1. The van der Waals surface area contributed by atoms with Gasteiger partial charge >= 0.3 is 0 Å². The number of halogens is 2. The number of benzene rings is 2. The van der Waals surface area contributed by atoms with Crippen LogP contribution in [-0.4, -0.2) is 34.0 Å². The second-order valence-electron chi connectivity index (χ2n) is 7.14. The fourth-order valence-corrected chi connectivity index (χ4v) is 4.34. The van der Waals surface area contributed by atoms with Crippen molar-refractivity contribution >= 4 is 45.0 Å². The number of nitrogens with zero attached hydrogens (tertiary/aromatic N) is 2. The molecule has 2 aliphatic heterocycles. The minimum Gasteiger partial charge on any atom is -0.508 e. The van der Waals surface area contributed by atoms with Crippen LogP contribution in [0.3, 0.4) is 0 Å². The normalized spacial score (nSPS) is 24.4. The summed E-state index contributed by atoms with van der Waals surface area (Å²) in [4.78, 5) is 33.2. The molecule has 2 fully saturated rings. The number of phenols is 1. The zero-order chi connectivity index (χ0) is 20.2. The highest BCUT2D eigenvalue weighted by atomic mass is 79.9. The zero-order valence-corrected chi connectivity index (χ0v) is 17.5. The van der Waals surface area contributed by atoms with Crippen molar-refractivity contribution in [3.63, 3.8) is 0 Å². The largest absolute Gasteiger partial charge is 0.508 e. The van der Waals surface area contributed by atoms with Gasteiger partial charge in [0, 0.05) is 21.1 Å². The Morgan fingerprint density at radius 1 is 1.11 bits per heavy atom. The van der Waals surface area contributed by atoms with Gasteiger partial charge in [-0.25, -0.2) is 5.06 Å². The van der Waals surface area contributed by atoms with Gasteiger partial charge in [0.15, 0.2) is 6.10 Å². The average molecular weight is 466 g/mol. The smallest absolute Gasteiger partial charge is 0.262 e. The lowest BCUT2D eigenvalue weighted by Gasteiger charge is -2.30. The van der Waals surface area contributed by atoms with Crippen LogP contribution >= 0.6 is 27.5 Å². The molecule has 0 unspecified atom stereocenters. The van der Waals surface area contributed by atoms with E-state index in [0.29, 0.717) is 16.3 Å². The highest BCUT2D eigenvalue weighted by molar-refractivity contribution is 9.10. The summed E-state index contributed by atoms with van der Waals surface area (Å²) in [5, 5.41) is 12.6. The lowest BCUT2D eigenvalue weighted by atomic mass is 9.90. The molecule has 0 aromatic heterocycles. The Kier molecular flexibility index (Phi) is 4.85. The van der Waals surface area contributed by atoms with E-state index in [1.807, 2.05) is 0 Å². The molecule has 28 heavy (non-hydrogen) atoms. The molecule has 2 aromatic carbocycles. The lowest BCUT2D eigenvalue weighted by molar-refractivity contribution is -0.145. The van der Waals surface area contributed by atoms with Crippen molar-refractivity contribution in [2.45, 2.75) is 32.0 Å². The number of likely N-dealkylation sites (tertiary alicyclic amines) is 1. The van der Waals surface area contributed by atoms with E-state index in [0.717, 1.165) is 4.47 Å². The maximum atomic E-state index is 13.1. The molecular weight excluding hydrogens is 448 g/mol. The van der Waals surface area contributed by atoms with Crippen LogP contribution in [0.5, 0.6) is 5.75 Å². The van der Waals surface area contributed by atoms with Crippen LogP contribution < -0.4 is 5.06 Å². The van der Waals surface area contributed by atoms with Crippen LogP contribution in [0.2, 0.25) is 5.02 Å². The highest BCUT2D eigenvalue weighted by Crippen LogP contribution is 2.49. The van der Waals surface area contributed by atoms with E-state index in [2.05, 4.69) is 15.9 Å². The van der Waals surface area contributed by atoms with Gasteiger partial charge in [-0.05, 0) is 56.3 Å². The number of aromatic hydroxyl groups is 1. The van der Waals surface area contributed by atoms with E-state index in [9.17, 15) is 14.7 Å². The Bertz CT molecular complexity index is 950. The number of carbonyl (C=O) groups is 2. The number of rotatable bonds is 3. The van der Waals surface area contributed by atoms with Crippen molar-refractivity contribution in [3.05, 3.63) is 57.5 Å². The monoisotopic (exact) mass is 464 g/mol. The maximum absolute atomic E-state index is 13.1. The number of hydroxylamine groups is 1. The molecule has 0 radical (unpaired) electrons. The van der Waals surface area contributed by atoms with Crippen LogP contribution in [0, 0.1) is 5.92 Å². The van der Waals surface area contributed by atoms with Crippen molar-refractivity contribution < 1.29 is 19.5 Å². The zero-order valence-electron chi connectivity index (χ0n) is 15.2. The molecule has 0 saturated carbocycles. The first kappa shape index (κ1) is 19.2. The molecule has 0 bridgehead atoms. The third-order valence-electron chi connectivity index (χ3n) is 5.06. The van der Waals surface area contributed by atoms with Crippen molar-refractivity contribution in [2.75, 3.05) is 5.06 Å². The van der Waals surface area contributed by atoms with Crippen LogP contribution in [0.25, 0.3) is 0 Å². The number of anilines is 1. The second kappa shape index (κ2) is 7.06. The molecule has 2 aliphatic rings. The number of carbonyl (C=O) groups excluding carboxylic acids is 2. The number of hydrogen-bond acceptors (Lipinski definition) is 5. The number of hydrogen-bond donors (Lipinski definition) is 1. The van der Waals surface area contributed by atoms with E-state index in [4.69, 9.17) is 16.4 Å². The van der Waals surface area contributed by atoms with E-state index in [-0.39, 0.29) is 23.6 Å². The number of phenolic OH excluding ortho intramolecular Hbond substituents is 1. The fraction of sp³-hybridized carbons (Fsp3) is 0.300. The van der Waals surface area contributed by atoms with E-state index in [1.165, 1.54) is 9.96 Å². The summed E-state index contributed by atoms with van der Waals surface area (Å²) in [7, 11) is 0. The van der Waals surface area contributed by atoms with Gasteiger partial charge in [0.05, 0.1) is 11.7 Å². The van der Waals surface area contributed by atoms with Crippen LogP contribution in [0.15, 0.2) is 46.9 Å². The quantitative estimate of drug-likeness (QED) is 0.692. The van der Waals surface area contributed by atoms with Gasteiger partial charge in [-0.3, -0.25) is 19.3 Å². The molecule has 8 heteroatoms. The van der Waals surface area contributed by atoms with Crippen molar-refractivity contribution in [1.82, 2.24) is 4.90 Å². The maximum Gasteiger partial charge on any atom is 0.262 e. The topological polar surface area (TPSA) is 70.1 Å². The molecule has 6 nitrogen and oxygen atoms in total. The molecule has 1 N–H and O–H groups in total. The van der Waals surface area contributed by atoms with Crippen molar-refractivity contribution in [2.24, 2.45) is 5.92 Å². The summed E-state index contributed by atoms with van der Waals surface area (Å²) in [6, 6.07) is 11.0. The molecule has 0 spiro atoms. The third-order valence-corrected chi connectivity index (χ3v) is 5.80. The molecule has 2 aromatic rings. The van der Waals surface area contributed by atoms with Gasteiger partial charge in [-0.2, -0.15) is 0 Å². The summed E-state index contributed by atoms with van der Waals surface area (Å²) in [6.45, 7) is 3.58. The minimum absolute atomic E-state index is 0.0275. The van der Waals surface area contributed by atoms with Crippen molar-refractivity contribution in [3.8, 4) is 5.75 Å². The molecule has 146 valence electrons. The lowest BCUT2D eigenvalue weighted by Crippen LogP contribution is -2.41. The summed E-state index contributed by atoms with van der Waals surface area (Å²) >= 11 is 9.41. The Morgan fingerprint density at radius 3 is 2.43 bits per heavy atom. The summed E-state index contributed by atoms with van der Waals surface area (Å²) in [6.07, 6.45) is -0.936. The number of amides is 2. The molecular formula is C20H18BrClN2O4. The first-order chi connectivity index (χ1) is 13.3. The predicted octanol–water partition coefficient (Wildman–Crippen LogP) is 4.06. The molecule has 3 atom stereocenters. The first-order valence-electron chi connectivity index (χ1n) is 8.86. The van der Waals surface area contributed by atoms with Crippen LogP contribution in [0.1, 0.15) is 25.5 Å². The Hall–Kier alpha value is -2.09. The van der Waals surface area contributed by atoms with Gasteiger partial charge in [-0.15, -0.1) is 0 Å². The van der Waals surface area contributed by atoms with Gasteiger partial charge < -0.3 is 5.11 Å². The predicted molar refractivity (Wildman–Crippen MR) is 108 cm³/mol. The van der Waals surface area contributed by atoms with E-state index in [1.54, 1.807) is 56.3 Å². The number of imide groups is 1. The Morgan fingerprint density at radius 2 is 1.79 bits per heavy atom. The summed E-state index contributed by atoms with van der Waals surface area (Å²) in [5.74, 6) is -1.39. The van der Waals surface area contributed by atoms with E-state index < -0.39 is 18.1 Å². The van der Waals surface area contributed by atoms with Crippen LogP contribution in [-0.2, 0) is 14.4 Å². The molecule has 0 aliphatic carbocycles. The fourth-order valence-electron chi connectivity index (χ4n) is 3.83. The minimum atomic E-state index is -0.936. The molecule has 2 amide bonds. The molecule has 2 heterocycles. The SMILES string of the molecule is CC(C)N1C(=O)[C@H]2[C@H](ON(c3ccc(Cl)cc3)[C@@H]2c2cc(Br)ccc2O)C1=O. The van der Waals surface area contributed by atoms with Gasteiger partial charge in [-0.1, -0.05) is 27.5 Å². The Balaban J connectivity index is 1.85. The summed E-state index contributed by atoms with van der Waals surface area (Å²) in [5.41, 5.74) is 1.14. The van der Waals surface area contributed by atoms with Crippen LogP contribution in [0.4, 0.5) is 5.69 Å². The van der Waals surface area contributed by atoms with Crippen molar-refractivity contribution in [1.29, 1.82) is 0 Å². The standard InChI is InChI=1S/C20H18BrClN2O4/c1-10(2)23-19(26)16-17(14-9-11(21)3-8-15(14)25)24(28-18(16)20(23)27)13-6-4-12(22)5-7-13/h3-10,16-18,25H,1-2H3/t16-,17-,18+/m1/s1. The average Bonchev–Trinajstić information content (AvgIpc) is 3.14. The van der Waals surface area contributed by atoms with Gasteiger partial charge in [0.1, 0.15) is 11.7 Å². The summed E-state index contributed by atoms with van der Waals surface area (Å²) < 4.78 is 0.747. The van der Waals surface area contributed by atoms with E-state index >= 15 is 0 Å². The molecule has 4 rings (SSSR count). The highest BCUT2D eigenvalue weighted by Gasteiger charge is 2.60. The van der Waals surface area contributed by atoms with Gasteiger partial charge in [0.25, 0.3) is 5.91 Å². The third kappa shape index (κ3) is 2.98. The molecule has 2 saturated heterocycles. The van der Waals surface area contributed by atoms with Gasteiger partial charge in [0.2, 0.25) is 5.91 Å². The first-order valence-corrected chi connectivity index (χ1v) is 10.0. The second-order valence-corrected chi connectivity index (χ2v) is 8.49.